The second-order valence-corrected chi connectivity index (χ2v) is 9.58. The number of para-hydroxylation sites is 1. The van der Waals surface area contributed by atoms with Gasteiger partial charge in [0.05, 0.1) is 1.37 Å². The summed E-state index contributed by atoms with van der Waals surface area (Å²) in [6.07, 6.45) is 1.63. The van der Waals surface area contributed by atoms with E-state index in [9.17, 15) is 8.42 Å². The molecule has 0 aliphatic carbocycles. The van der Waals surface area contributed by atoms with Crippen LogP contribution in [0.2, 0.25) is 0 Å². The molecule has 3 heterocycles. The quantitative estimate of drug-likeness (QED) is 0.230. The Morgan fingerprint density at radius 3 is 2.37 bits per heavy atom. The Labute approximate surface area is 218 Å². The molecule has 0 N–H and O–H groups in total. The first-order chi connectivity index (χ1) is 17.0. The molecule has 3 aromatic heterocycles. The summed E-state index contributed by atoms with van der Waals surface area (Å²) >= 11 is 0. The van der Waals surface area contributed by atoms with Crippen LogP contribution in [-0.2, 0) is 30.9 Å². The number of pyridine rings is 2. The van der Waals surface area contributed by atoms with Gasteiger partial charge in [-0.3, -0.25) is 0 Å². The smallest absolute Gasteiger partial charge is 0.314 e. The van der Waals surface area contributed by atoms with Gasteiger partial charge in [-0.2, -0.15) is 30.3 Å². The van der Waals surface area contributed by atoms with Gasteiger partial charge in [-0.05, 0) is 46.1 Å². The minimum atomic E-state index is -3.80. The fraction of sp³-hybridized carbons (Fsp3) is 0. The third-order valence-electron chi connectivity index (χ3n) is 5.67. The van der Waals surface area contributed by atoms with Crippen LogP contribution in [0, 0.1) is 12.1 Å². The Kier molecular flexibility index (Phi) is 5.77. The monoisotopic (exact) mass is 655 g/mol. The number of aromatic nitrogens is 3. The summed E-state index contributed by atoms with van der Waals surface area (Å²) in [6, 6.07) is 33.5. The molecule has 6 aromatic rings. The zero-order chi connectivity index (χ0) is 24.0. The zero-order valence-corrected chi connectivity index (χ0v) is 21.2. The average molecular weight is 656 g/mol. The maximum Gasteiger partial charge on any atom is 2.00 e. The van der Waals surface area contributed by atoms with E-state index in [2.05, 4.69) is 22.1 Å². The predicted molar refractivity (Wildman–Crippen MR) is 131 cm³/mol. The maximum atomic E-state index is 13.1. The maximum absolute atomic E-state index is 13.1. The van der Waals surface area contributed by atoms with Gasteiger partial charge in [-0.1, -0.05) is 35.7 Å². The van der Waals surface area contributed by atoms with E-state index in [1.54, 1.807) is 30.3 Å². The van der Waals surface area contributed by atoms with Crippen molar-refractivity contribution in [3.8, 4) is 16.9 Å². The van der Waals surface area contributed by atoms with Crippen molar-refractivity contribution in [1.82, 2.24) is 14.5 Å². The van der Waals surface area contributed by atoms with Crippen LogP contribution in [0.15, 0.2) is 113 Å². The van der Waals surface area contributed by atoms with Crippen LogP contribution in [0.1, 0.15) is 1.37 Å². The molecule has 0 bridgehead atoms. The second kappa shape index (κ2) is 9.21. The summed E-state index contributed by atoms with van der Waals surface area (Å²) in [5.74, 6) is 0.618. The third-order valence-corrected chi connectivity index (χ3v) is 7.28. The Morgan fingerprint density at radius 1 is 0.743 bits per heavy atom. The van der Waals surface area contributed by atoms with Gasteiger partial charge in [-0.25, -0.2) is 29.5 Å². The van der Waals surface area contributed by atoms with Crippen LogP contribution in [0.3, 0.4) is 0 Å². The fourth-order valence-electron chi connectivity index (χ4n) is 4.11. The summed E-state index contributed by atoms with van der Waals surface area (Å²) in [5, 5.41) is 2.01. The van der Waals surface area contributed by atoms with Crippen LogP contribution >= 0.6 is 0 Å². The van der Waals surface area contributed by atoms with E-state index in [-0.39, 0.29) is 37.2 Å². The molecule has 5 nitrogen and oxygen atoms in total. The van der Waals surface area contributed by atoms with Crippen LogP contribution in [0.4, 0.5) is 0 Å². The Bertz CT molecular complexity index is 1840. The van der Waals surface area contributed by atoms with Crippen LogP contribution in [0.5, 0.6) is 0 Å². The van der Waals surface area contributed by atoms with Gasteiger partial charge in [-0.15, -0.1) is 12.1 Å². The summed E-state index contributed by atoms with van der Waals surface area (Å²) in [6.45, 7) is 0. The number of hydrogen-bond donors (Lipinski definition) is 0. The molecule has 6 rings (SSSR count). The average Bonchev–Trinajstić information content (AvgIpc) is 3.23. The van der Waals surface area contributed by atoms with E-state index in [4.69, 9.17) is 1.37 Å². The second-order valence-electron chi connectivity index (χ2n) is 7.71. The largest absolute Gasteiger partial charge is 2.00 e. The van der Waals surface area contributed by atoms with Crippen molar-refractivity contribution in [2.75, 3.05) is 0 Å². The van der Waals surface area contributed by atoms with Gasteiger partial charge >= 0.3 is 21.1 Å². The van der Waals surface area contributed by atoms with Gasteiger partial charge in [0, 0.05) is 17.9 Å². The van der Waals surface area contributed by atoms with Crippen LogP contribution in [0.25, 0.3) is 38.8 Å². The molecule has 172 valence electrons. The number of benzene rings is 3. The van der Waals surface area contributed by atoms with Crippen LogP contribution < -0.4 is 0 Å². The molecule has 0 aliphatic heterocycles. The molecule has 0 aliphatic rings. The van der Waals surface area contributed by atoms with Gasteiger partial charge in [0.1, 0.15) is 5.82 Å². The SMILES string of the molecule is [2H]c1cccc(-n2c3[c-]c(-c4[c-]c(S(=O)(=O)c5ccccn5)ccc4)ccc3c3ccccc32)n1.[Pt+2]. The van der Waals surface area contributed by atoms with Crippen molar-refractivity contribution in [2.45, 2.75) is 9.92 Å². The molecule has 3 aromatic carbocycles. The minimum Gasteiger partial charge on any atom is -0.314 e. The van der Waals surface area contributed by atoms with E-state index in [0.717, 1.165) is 21.8 Å². The summed E-state index contributed by atoms with van der Waals surface area (Å²) < 4.78 is 36.1. The molecule has 0 saturated heterocycles. The number of hydrogen-bond acceptors (Lipinski definition) is 4. The third kappa shape index (κ3) is 3.99. The van der Waals surface area contributed by atoms with Crippen LogP contribution in [-0.4, -0.2) is 23.0 Å². The molecule has 7 heteroatoms. The molecule has 0 unspecified atom stereocenters. The van der Waals surface area contributed by atoms with Crippen molar-refractivity contribution in [3.05, 3.63) is 115 Å². The van der Waals surface area contributed by atoms with Crippen molar-refractivity contribution in [1.29, 1.82) is 0 Å². The van der Waals surface area contributed by atoms with Crippen molar-refractivity contribution < 1.29 is 30.9 Å². The number of sulfone groups is 1. The van der Waals surface area contributed by atoms with Crippen molar-refractivity contribution in [3.63, 3.8) is 0 Å². The Balaban J connectivity index is 0.00000267. The van der Waals surface area contributed by atoms with Gasteiger partial charge in [0.15, 0.2) is 5.03 Å². The van der Waals surface area contributed by atoms with E-state index < -0.39 is 9.84 Å². The predicted octanol–water partition coefficient (Wildman–Crippen LogP) is 5.67. The zero-order valence-electron chi connectivity index (χ0n) is 19.1. The first-order valence-corrected chi connectivity index (χ1v) is 12.1. The molecule has 0 fully saturated rings. The summed E-state index contributed by atoms with van der Waals surface area (Å²) in [5.41, 5.74) is 3.03. The number of nitrogens with zero attached hydrogens (tertiary/aromatic N) is 3. The van der Waals surface area contributed by atoms with E-state index in [1.807, 2.05) is 53.1 Å². The molecule has 0 radical (unpaired) electrons. The molecule has 35 heavy (non-hydrogen) atoms. The standard InChI is InChI=1S/C28H17N3O2S.Pt/c32-34(33,28-13-4-6-17-30-28)22-9-7-8-20(18-22)21-14-15-24-23-10-1-2-11-25(23)31(26(24)19-21)27-12-3-5-16-29-27;/h1-17H;/q-2;+2/i16D;. The normalized spacial score (nSPS) is 11.8. The van der Waals surface area contributed by atoms with Crippen molar-refractivity contribution >= 4 is 31.6 Å². The van der Waals surface area contributed by atoms with Gasteiger partial charge in [0.25, 0.3) is 0 Å². The molecule has 0 amide bonds. The van der Waals surface area contributed by atoms with Gasteiger partial charge < -0.3 is 4.57 Å². The summed E-state index contributed by atoms with van der Waals surface area (Å²) in [7, 11) is -3.80. The number of fused-ring (bicyclic) bond motifs is 3. The number of rotatable bonds is 4. The molecule has 0 saturated carbocycles. The fourth-order valence-corrected chi connectivity index (χ4v) is 5.30. The Morgan fingerprint density at radius 2 is 1.54 bits per heavy atom. The first-order valence-electron chi connectivity index (χ1n) is 11.1. The Hall–Kier alpha value is -3.60. The van der Waals surface area contributed by atoms with Gasteiger partial charge in [0.2, 0.25) is 9.84 Å². The first kappa shape index (κ1) is 21.9. The molecular weight excluding hydrogens is 637 g/mol. The van der Waals surface area contributed by atoms with E-state index in [1.165, 1.54) is 18.3 Å². The van der Waals surface area contributed by atoms with E-state index in [0.29, 0.717) is 16.9 Å². The molecule has 0 atom stereocenters. The minimum absolute atomic E-state index is 0. The van der Waals surface area contributed by atoms with E-state index >= 15 is 0 Å². The molecule has 0 spiro atoms. The topological polar surface area (TPSA) is 64.8 Å². The molecular formula is C28H17N3O2PtS. The van der Waals surface area contributed by atoms with Crippen molar-refractivity contribution in [2.24, 2.45) is 0 Å². The summed E-state index contributed by atoms with van der Waals surface area (Å²) in [4.78, 5) is 8.47.